The zero-order valence-corrected chi connectivity index (χ0v) is 14.6. The van der Waals surface area contributed by atoms with Crippen molar-refractivity contribution in [3.05, 3.63) is 48.0 Å². The normalized spacial score (nSPS) is 10.3. The van der Waals surface area contributed by atoms with E-state index in [9.17, 15) is 9.59 Å². The number of methoxy groups -OCH3 is 3. The van der Waals surface area contributed by atoms with Crippen LogP contribution in [0.3, 0.4) is 0 Å². The van der Waals surface area contributed by atoms with Crippen molar-refractivity contribution in [2.45, 2.75) is 0 Å². The maximum atomic E-state index is 11.9. The van der Waals surface area contributed by atoms with Gasteiger partial charge < -0.3 is 19.5 Å². The Bertz CT molecular complexity index is 803. The molecule has 0 spiro atoms. The van der Waals surface area contributed by atoms with E-state index in [1.165, 1.54) is 27.5 Å². The first-order valence-electron chi connectivity index (χ1n) is 7.58. The van der Waals surface area contributed by atoms with Gasteiger partial charge in [-0.05, 0) is 36.4 Å². The second kappa shape index (κ2) is 9.07. The van der Waals surface area contributed by atoms with Crippen molar-refractivity contribution < 1.29 is 23.8 Å². The Morgan fingerprint density at radius 3 is 2.27 bits per heavy atom. The number of hydrazone groups is 1. The van der Waals surface area contributed by atoms with Crippen LogP contribution >= 0.6 is 0 Å². The Balaban J connectivity index is 1.97. The molecule has 0 atom stereocenters. The van der Waals surface area contributed by atoms with Crippen LogP contribution in [0.5, 0.6) is 17.2 Å². The molecule has 8 heteroatoms. The van der Waals surface area contributed by atoms with Gasteiger partial charge in [0.15, 0.2) is 11.5 Å². The minimum Gasteiger partial charge on any atom is -0.497 e. The Kier molecular flexibility index (Phi) is 6.55. The van der Waals surface area contributed by atoms with E-state index in [-0.39, 0.29) is 0 Å². The van der Waals surface area contributed by atoms with Gasteiger partial charge in [-0.25, -0.2) is 5.43 Å². The molecule has 0 aliphatic carbocycles. The standard InChI is InChI=1S/C18H19N3O5/c1-24-14-9-7-13(8-10-14)20-17(22)18(23)21-19-11-12-5-4-6-15(25-2)16(12)26-3/h4-11H,1-3H3,(H,20,22)(H,21,23)/b19-11+. The van der Waals surface area contributed by atoms with E-state index in [2.05, 4.69) is 15.8 Å². The second-order valence-corrected chi connectivity index (χ2v) is 4.96. The van der Waals surface area contributed by atoms with E-state index >= 15 is 0 Å². The minimum absolute atomic E-state index is 0.462. The topological polar surface area (TPSA) is 98.2 Å². The number of amides is 2. The lowest BCUT2D eigenvalue weighted by atomic mass is 10.2. The van der Waals surface area contributed by atoms with E-state index in [1.807, 2.05) is 0 Å². The maximum Gasteiger partial charge on any atom is 0.329 e. The molecule has 0 aromatic heterocycles. The molecule has 0 bridgehead atoms. The molecule has 0 unspecified atom stereocenters. The molecule has 0 heterocycles. The third-order valence-electron chi connectivity index (χ3n) is 3.36. The van der Waals surface area contributed by atoms with Gasteiger partial charge >= 0.3 is 11.8 Å². The summed E-state index contributed by atoms with van der Waals surface area (Å²) in [5, 5.41) is 6.23. The number of benzene rings is 2. The Morgan fingerprint density at radius 2 is 1.65 bits per heavy atom. The smallest absolute Gasteiger partial charge is 0.329 e. The van der Waals surface area contributed by atoms with Crippen molar-refractivity contribution in [2.75, 3.05) is 26.6 Å². The number of hydrogen-bond acceptors (Lipinski definition) is 6. The van der Waals surface area contributed by atoms with Gasteiger partial charge in [0.25, 0.3) is 0 Å². The molecule has 8 nitrogen and oxygen atoms in total. The first-order chi connectivity index (χ1) is 12.6. The maximum absolute atomic E-state index is 11.9. The van der Waals surface area contributed by atoms with Gasteiger partial charge in [-0.2, -0.15) is 5.10 Å². The average Bonchev–Trinajstić information content (AvgIpc) is 2.68. The summed E-state index contributed by atoms with van der Waals surface area (Å²) in [7, 11) is 4.55. The quantitative estimate of drug-likeness (QED) is 0.467. The fourth-order valence-corrected chi connectivity index (χ4v) is 2.09. The number of rotatable bonds is 6. The summed E-state index contributed by atoms with van der Waals surface area (Å²) in [6, 6.07) is 11.8. The molecule has 0 aliphatic heterocycles. The van der Waals surface area contributed by atoms with Crippen LogP contribution in [0.2, 0.25) is 0 Å². The molecule has 2 amide bonds. The summed E-state index contributed by atoms with van der Waals surface area (Å²) in [4.78, 5) is 23.7. The van der Waals surface area contributed by atoms with Gasteiger partial charge in [-0.1, -0.05) is 6.07 Å². The second-order valence-electron chi connectivity index (χ2n) is 4.96. The van der Waals surface area contributed by atoms with Gasteiger partial charge in [0.2, 0.25) is 0 Å². The molecule has 0 saturated heterocycles. The monoisotopic (exact) mass is 357 g/mol. The molecular formula is C18H19N3O5. The molecule has 0 aliphatic rings. The lowest BCUT2D eigenvalue weighted by Gasteiger charge is -2.09. The van der Waals surface area contributed by atoms with Crippen molar-refractivity contribution in [2.24, 2.45) is 5.10 Å². The van der Waals surface area contributed by atoms with Crippen LogP contribution in [-0.4, -0.2) is 39.4 Å². The van der Waals surface area contributed by atoms with Crippen molar-refractivity contribution in [1.29, 1.82) is 0 Å². The molecule has 2 aromatic rings. The van der Waals surface area contributed by atoms with Gasteiger partial charge in [-0.15, -0.1) is 0 Å². The van der Waals surface area contributed by atoms with Crippen molar-refractivity contribution in [3.8, 4) is 17.2 Å². The minimum atomic E-state index is -0.904. The Morgan fingerprint density at radius 1 is 0.923 bits per heavy atom. The third kappa shape index (κ3) is 4.73. The van der Waals surface area contributed by atoms with Crippen molar-refractivity contribution in [1.82, 2.24) is 5.43 Å². The number of nitrogens with zero attached hydrogens (tertiary/aromatic N) is 1. The van der Waals surface area contributed by atoms with Crippen LogP contribution in [0.1, 0.15) is 5.56 Å². The van der Waals surface area contributed by atoms with Crippen LogP contribution in [0.4, 0.5) is 5.69 Å². The summed E-state index contributed by atoms with van der Waals surface area (Å²) >= 11 is 0. The highest BCUT2D eigenvalue weighted by Crippen LogP contribution is 2.29. The first kappa shape index (κ1) is 18.8. The molecule has 2 aromatic carbocycles. The number of para-hydroxylation sites is 1. The highest BCUT2D eigenvalue weighted by Gasteiger charge is 2.13. The third-order valence-corrected chi connectivity index (χ3v) is 3.36. The zero-order valence-electron chi connectivity index (χ0n) is 14.6. The van der Waals surface area contributed by atoms with Crippen LogP contribution in [0, 0.1) is 0 Å². The fraction of sp³-hybridized carbons (Fsp3) is 0.167. The molecule has 136 valence electrons. The SMILES string of the molecule is COc1ccc(NC(=O)C(=O)N/N=C/c2cccc(OC)c2OC)cc1. The summed E-state index contributed by atoms with van der Waals surface area (Å²) in [6.45, 7) is 0. The number of ether oxygens (including phenoxy) is 3. The highest BCUT2D eigenvalue weighted by atomic mass is 16.5. The predicted molar refractivity (Wildman–Crippen MR) is 96.9 cm³/mol. The van der Waals surface area contributed by atoms with E-state index in [4.69, 9.17) is 14.2 Å². The largest absolute Gasteiger partial charge is 0.497 e. The van der Waals surface area contributed by atoms with Gasteiger partial charge in [0, 0.05) is 11.3 Å². The fourth-order valence-electron chi connectivity index (χ4n) is 2.09. The van der Waals surface area contributed by atoms with E-state index in [0.717, 1.165) is 0 Å². The van der Waals surface area contributed by atoms with Crippen LogP contribution in [0.25, 0.3) is 0 Å². The molecule has 0 radical (unpaired) electrons. The van der Waals surface area contributed by atoms with Crippen LogP contribution in [-0.2, 0) is 9.59 Å². The average molecular weight is 357 g/mol. The van der Waals surface area contributed by atoms with Gasteiger partial charge in [0.1, 0.15) is 5.75 Å². The number of hydrogen-bond donors (Lipinski definition) is 2. The lowest BCUT2D eigenvalue weighted by Crippen LogP contribution is -2.32. The van der Waals surface area contributed by atoms with E-state index < -0.39 is 11.8 Å². The zero-order chi connectivity index (χ0) is 18.9. The number of carbonyl (C=O) groups is 2. The molecule has 0 fully saturated rings. The van der Waals surface area contributed by atoms with Crippen LogP contribution in [0.15, 0.2) is 47.6 Å². The Hall–Kier alpha value is -3.55. The first-order valence-corrected chi connectivity index (χ1v) is 7.58. The van der Waals surface area contributed by atoms with Gasteiger partial charge in [-0.3, -0.25) is 9.59 Å². The lowest BCUT2D eigenvalue weighted by molar-refractivity contribution is -0.136. The molecule has 2 rings (SSSR count). The molecule has 26 heavy (non-hydrogen) atoms. The number of carbonyl (C=O) groups excluding carboxylic acids is 2. The van der Waals surface area contributed by atoms with Gasteiger partial charge in [0.05, 0.1) is 27.5 Å². The predicted octanol–water partition coefficient (Wildman–Crippen LogP) is 1.80. The number of anilines is 1. The summed E-state index contributed by atoms with van der Waals surface area (Å²) in [6.07, 6.45) is 1.36. The van der Waals surface area contributed by atoms with Crippen molar-refractivity contribution in [3.63, 3.8) is 0 Å². The molecule has 0 saturated carbocycles. The van der Waals surface area contributed by atoms with Crippen LogP contribution < -0.4 is 25.0 Å². The molecular weight excluding hydrogens is 338 g/mol. The van der Waals surface area contributed by atoms with E-state index in [1.54, 1.807) is 42.5 Å². The Labute approximate surface area is 150 Å². The number of nitrogens with one attached hydrogen (secondary N) is 2. The summed E-state index contributed by atoms with van der Waals surface area (Å²) in [5.41, 5.74) is 3.21. The highest BCUT2D eigenvalue weighted by molar-refractivity contribution is 6.39. The summed E-state index contributed by atoms with van der Waals surface area (Å²) < 4.78 is 15.5. The molecule has 2 N–H and O–H groups in total. The summed E-state index contributed by atoms with van der Waals surface area (Å²) in [5.74, 6) is -0.108. The van der Waals surface area contributed by atoms with Crippen molar-refractivity contribution >= 4 is 23.7 Å². The van der Waals surface area contributed by atoms with E-state index in [0.29, 0.717) is 28.5 Å².